The van der Waals surface area contributed by atoms with Gasteiger partial charge in [0.1, 0.15) is 6.07 Å². The number of rotatable bonds is 4. The lowest BCUT2D eigenvalue weighted by atomic mass is 10.1. The van der Waals surface area contributed by atoms with Gasteiger partial charge in [0.25, 0.3) is 0 Å². The van der Waals surface area contributed by atoms with E-state index in [1.807, 2.05) is 6.92 Å². The lowest BCUT2D eigenvalue weighted by Crippen LogP contribution is -2.08. The van der Waals surface area contributed by atoms with Gasteiger partial charge < -0.3 is 15.2 Å². The first-order valence-corrected chi connectivity index (χ1v) is 6.76. The van der Waals surface area contributed by atoms with Crippen molar-refractivity contribution in [1.82, 2.24) is 0 Å². The van der Waals surface area contributed by atoms with Gasteiger partial charge in [0.15, 0.2) is 11.5 Å². The van der Waals surface area contributed by atoms with Gasteiger partial charge in [-0.15, -0.1) is 0 Å². The highest BCUT2D eigenvalue weighted by Crippen LogP contribution is 2.31. The molecule has 0 heterocycles. The molecule has 0 fully saturated rings. The van der Waals surface area contributed by atoms with Crippen molar-refractivity contribution in [3.8, 4) is 17.6 Å². The molecule has 0 spiro atoms. The van der Waals surface area contributed by atoms with Gasteiger partial charge in [0, 0.05) is 11.1 Å². The van der Waals surface area contributed by atoms with Gasteiger partial charge in [-0.05, 0) is 42.8 Å². The van der Waals surface area contributed by atoms with Crippen molar-refractivity contribution in [1.29, 1.82) is 5.26 Å². The third-order valence-electron chi connectivity index (χ3n) is 3.18. The molecule has 0 bridgehead atoms. The van der Waals surface area contributed by atoms with Crippen LogP contribution in [0.15, 0.2) is 36.4 Å². The standard InChI is InChI=1S/C16H15ClN2O2/c1-10(11-4-6-15(20)16(7-11)21-2)19-14-8-13(17)5-3-12(14)9-18/h3-8,10,19-20H,1-2H3. The molecule has 2 N–H and O–H groups in total. The number of hydrogen-bond acceptors (Lipinski definition) is 4. The number of nitriles is 1. The van der Waals surface area contributed by atoms with Crippen LogP contribution in [0.3, 0.4) is 0 Å². The Morgan fingerprint density at radius 3 is 2.71 bits per heavy atom. The van der Waals surface area contributed by atoms with Gasteiger partial charge in [-0.25, -0.2) is 0 Å². The van der Waals surface area contributed by atoms with E-state index in [9.17, 15) is 5.11 Å². The SMILES string of the molecule is COc1cc(C(C)Nc2cc(Cl)ccc2C#N)ccc1O. The highest BCUT2D eigenvalue weighted by Gasteiger charge is 2.11. The van der Waals surface area contributed by atoms with E-state index in [-0.39, 0.29) is 11.8 Å². The van der Waals surface area contributed by atoms with Crippen LogP contribution in [-0.2, 0) is 0 Å². The lowest BCUT2D eigenvalue weighted by molar-refractivity contribution is 0.373. The number of nitrogens with zero attached hydrogens (tertiary/aromatic N) is 1. The molecular formula is C16H15ClN2O2. The molecule has 0 aliphatic heterocycles. The summed E-state index contributed by atoms with van der Waals surface area (Å²) in [7, 11) is 1.50. The summed E-state index contributed by atoms with van der Waals surface area (Å²) in [5.41, 5.74) is 2.12. The Bertz CT molecular complexity index is 695. The van der Waals surface area contributed by atoms with Gasteiger partial charge in [-0.3, -0.25) is 0 Å². The lowest BCUT2D eigenvalue weighted by Gasteiger charge is -2.18. The van der Waals surface area contributed by atoms with Crippen LogP contribution in [0.1, 0.15) is 24.1 Å². The van der Waals surface area contributed by atoms with Crippen LogP contribution in [0, 0.1) is 11.3 Å². The number of ether oxygens (including phenoxy) is 1. The maximum atomic E-state index is 9.62. The van der Waals surface area contributed by atoms with Gasteiger partial charge in [0.05, 0.1) is 18.4 Å². The van der Waals surface area contributed by atoms with Gasteiger partial charge in [-0.2, -0.15) is 5.26 Å². The molecule has 2 aromatic carbocycles. The van der Waals surface area contributed by atoms with Gasteiger partial charge in [0.2, 0.25) is 0 Å². The molecule has 0 radical (unpaired) electrons. The van der Waals surface area contributed by atoms with Gasteiger partial charge in [-0.1, -0.05) is 17.7 Å². The summed E-state index contributed by atoms with van der Waals surface area (Å²) in [6, 6.07) is 12.2. The minimum Gasteiger partial charge on any atom is -0.504 e. The predicted octanol–water partition coefficient (Wildman–Crippen LogP) is 4.10. The van der Waals surface area contributed by atoms with Crippen molar-refractivity contribution < 1.29 is 9.84 Å². The average molecular weight is 303 g/mol. The van der Waals surface area contributed by atoms with E-state index < -0.39 is 0 Å². The second kappa shape index (κ2) is 6.38. The molecule has 2 rings (SSSR count). The third kappa shape index (κ3) is 3.39. The van der Waals surface area contributed by atoms with E-state index >= 15 is 0 Å². The predicted molar refractivity (Wildman–Crippen MR) is 82.9 cm³/mol. The number of halogens is 1. The molecule has 0 amide bonds. The summed E-state index contributed by atoms with van der Waals surface area (Å²) >= 11 is 5.97. The summed E-state index contributed by atoms with van der Waals surface area (Å²) in [6.45, 7) is 1.95. The highest BCUT2D eigenvalue weighted by molar-refractivity contribution is 6.30. The Balaban J connectivity index is 2.28. The van der Waals surface area contributed by atoms with Crippen molar-refractivity contribution >= 4 is 17.3 Å². The van der Waals surface area contributed by atoms with E-state index in [4.69, 9.17) is 21.6 Å². The van der Waals surface area contributed by atoms with E-state index in [0.717, 1.165) is 5.56 Å². The maximum Gasteiger partial charge on any atom is 0.160 e. The van der Waals surface area contributed by atoms with Crippen LogP contribution in [0.4, 0.5) is 5.69 Å². The smallest absolute Gasteiger partial charge is 0.160 e. The topological polar surface area (TPSA) is 65.3 Å². The molecule has 0 saturated carbocycles. The fraction of sp³-hybridized carbons (Fsp3) is 0.188. The number of anilines is 1. The second-order valence-electron chi connectivity index (χ2n) is 4.60. The number of hydrogen-bond donors (Lipinski definition) is 2. The molecule has 0 aliphatic carbocycles. The molecular weight excluding hydrogens is 288 g/mol. The van der Waals surface area contributed by atoms with Crippen LogP contribution in [-0.4, -0.2) is 12.2 Å². The number of phenols is 1. The van der Waals surface area contributed by atoms with Crippen LogP contribution in [0.25, 0.3) is 0 Å². The largest absolute Gasteiger partial charge is 0.504 e. The molecule has 4 nitrogen and oxygen atoms in total. The Kier molecular flexibility index (Phi) is 4.56. The first kappa shape index (κ1) is 15.0. The highest BCUT2D eigenvalue weighted by atomic mass is 35.5. The van der Waals surface area contributed by atoms with Crippen molar-refractivity contribution in [2.45, 2.75) is 13.0 Å². The summed E-state index contributed by atoms with van der Waals surface area (Å²) in [5.74, 6) is 0.502. The quantitative estimate of drug-likeness (QED) is 0.892. The van der Waals surface area contributed by atoms with Crippen molar-refractivity contribution in [3.63, 3.8) is 0 Å². The van der Waals surface area contributed by atoms with Crippen LogP contribution >= 0.6 is 11.6 Å². The maximum absolute atomic E-state index is 9.62. The summed E-state index contributed by atoms with van der Waals surface area (Å²) < 4.78 is 5.10. The number of methoxy groups -OCH3 is 1. The Morgan fingerprint density at radius 2 is 2.05 bits per heavy atom. The summed E-state index contributed by atoms with van der Waals surface area (Å²) in [5, 5.41) is 22.6. The van der Waals surface area contributed by atoms with E-state index in [1.54, 1.807) is 36.4 Å². The molecule has 2 aromatic rings. The summed E-state index contributed by atoms with van der Waals surface area (Å²) in [4.78, 5) is 0. The Labute approximate surface area is 128 Å². The van der Waals surface area contributed by atoms with E-state index in [1.165, 1.54) is 7.11 Å². The number of aromatic hydroxyl groups is 1. The third-order valence-corrected chi connectivity index (χ3v) is 3.41. The monoisotopic (exact) mass is 302 g/mol. The molecule has 1 atom stereocenters. The fourth-order valence-electron chi connectivity index (χ4n) is 2.01. The second-order valence-corrected chi connectivity index (χ2v) is 5.04. The molecule has 0 saturated heterocycles. The Morgan fingerprint density at radius 1 is 1.29 bits per heavy atom. The van der Waals surface area contributed by atoms with Crippen LogP contribution in [0.5, 0.6) is 11.5 Å². The first-order valence-electron chi connectivity index (χ1n) is 6.38. The van der Waals surface area contributed by atoms with E-state index in [0.29, 0.717) is 22.0 Å². The van der Waals surface area contributed by atoms with Crippen molar-refractivity contribution in [2.24, 2.45) is 0 Å². The van der Waals surface area contributed by atoms with E-state index in [2.05, 4.69) is 11.4 Å². The average Bonchev–Trinajstić information content (AvgIpc) is 2.48. The first-order chi connectivity index (χ1) is 10.0. The molecule has 5 heteroatoms. The van der Waals surface area contributed by atoms with Crippen molar-refractivity contribution in [2.75, 3.05) is 12.4 Å². The molecule has 1 unspecified atom stereocenters. The van der Waals surface area contributed by atoms with Gasteiger partial charge >= 0.3 is 0 Å². The molecule has 0 aliphatic rings. The minimum absolute atomic E-state index is 0.0786. The fourth-order valence-corrected chi connectivity index (χ4v) is 2.19. The summed E-state index contributed by atoms with van der Waals surface area (Å²) in [6.07, 6.45) is 0. The van der Waals surface area contributed by atoms with Crippen LogP contribution in [0.2, 0.25) is 5.02 Å². The van der Waals surface area contributed by atoms with Crippen molar-refractivity contribution in [3.05, 3.63) is 52.5 Å². The molecule has 21 heavy (non-hydrogen) atoms. The molecule has 0 aromatic heterocycles. The minimum atomic E-state index is -0.0786. The normalized spacial score (nSPS) is 11.5. The van der Waals surface area contributed by atoms with Crippen LogP contribution < -0.4 is 10.1 Å². The zero-order chi connectivity index (χ0) is 15.4. The zero-order valence-corrected chi connectivity index (χ0v) is 12.5. The number of phenolic OH excluding ortho intramolecular Hbond substituents is 1. The molecule has 108 valence electrons. The number of benzene rings is 2. The zero-order valence-electron chi connectivity index (χ0n) is 11.7. The number of nitrogens with one attached hydrogen (secondary N) is 1. The Hall–Kier alpha value is -2.38.